The van der Waals surface area contributed by atoms with Gasteiger partial charge in [-0.1, -0.05) is 35.9 Å². The molecule has 1 N–H and O–H groups in total. The zero-order chi connectivity index (χ0) is 20.6. The van der Waals surface area contributed by atoms with Crippen molar-refractivity contribution in [3.8, 4) is 28.6 Å². The van der Waals surface area contributed by atoms with E-state index in [4.69, 9.17) is 14.2 Å². The van der Waals surface area contributed by atoms with Gasteiger partial charge in [0.1, 0.15) is 6.61 Å². The van der Waals surface area contributed by atoms with Crippen molar-refractivity contribution in [2.45, 2.75) is 6.92 Å². The number of hydrogen-bond acceptors (Lipinski definition) is 6. The molecule has 1 aromatic heterocycles. The van der Waals surface area contributed by atoms with Gasteiger partial charge in [0.05, 0.1) is 32.0 Å². The van der Waals surface area contributed by atoms with Crippen molar-refractivity contribution in [2.75, 3.05) is 27.4 Å². The monoisotopic (exact) mass is 393 g/mol. The summed E-state index contributed by atoms with van der Waals surface area (Å²) in [4.78, 5) is 12.4. The predicted octanol–water partition coefficient (Wildman–Crippen LogP) is 3.28. The van der Waals surface area contributed by atoms with Gasteiger partial charge in [0.15, 0.2) is 11.5 Å². The molecular weight excluding hydrogens is 370 g/mol. The zero-order valence-electron chi connectivity index (χ0n) is 16.6. The van der Waals surface area contributed by atoms with Crippen molar-refractivity contribution in [3.63, 3.8) is 0 Å². The van der Waals surface area contributed by atoms with E-state index in [1.54, 1.807) is 24.3 Å². The molecule has 0 aliphatic rings. The molecule has 3 aromatic rings. The van der Waals surface area contributed by atoms with Gasteiger partial charge in [-0.25, -0.2) is 0 Å². The van der Waals surface area contributed by atoms with Crippen LogP contribution in [-0.2, 0) is 0 Å². The van der Waals surface area contributed by atoms with Crippen LogP contribution < -0.4 is 19.5 Å². The first-order valence-corrected chi connectivity index (χ1v) is 9.15. The first-order chi connectivity index (χ1) is 14.1. The third-order valence-corrected chi connectivity index (χ3v) is 4.27. The minimum atomic E-state index is -0.273. The van der Waals surface area contributed by atoms with Crippen molar-refractivity contribution < 1.29 is 19.0 Å². The molecule has 0 bridgehead atoms. The number of nitrogens with one attached hydrogen (secondary N) is 1. The number of methoxy groups -OCH3 is 2. The summed E-state index contributed by atoms with van der Waals surface area (Å²) in [6, 6.07) is 16.8. The lowest BCUT2D eigenvalue weighted by Crippen LogP contribution is -2.28. The number of nitrogens with zero attached hydrogens (tertiary/aromatic N) is 2. The smallest absolute Gasteiger partial charge is 0.255 e. The normalized spacial score (nSPS) is 10.3. The minimum absolute atomic E-state index is 0.260. The van der Waals surface area contributed by atoms with E-state index in [9.17, 15) is 4.79 Å². The van der Waals surface area contributed by atoms with E-state index in [2.05, 4.69) is 15.5 Å². The second-order valence-electron chi connectivity index (χ2n) is 6.27. The maximum Gasteiger partial charge on any atom is 0.255 e. The fraction of sp³-hybridized carbons (Fsp3) is 0.227. The highest BCUT2D eigenvalue weighted by Crippen LogP contribution is 2.30. The molecule has 0 aliphatic heterocycles. The van der Waals surface area contributed by atoms with E-state index in [0.717, 1.165) is 11.3 Å². The Labute approximate surface area is 169 Å². The second kappa shape index (κ2) is 9.54. The third-order valence-electron chi connectivity index (χ3n) is 4.27. The summed E-state index contributed by atoms with van der Waals surface area (Å²) < 4.78 is 16.1. The Bertz CT molecular complexity index is 957. The standard InChI is InChI=1S/C22H23N3O4/c1-15-7-9-16(10-8-15)18-11-12-20(25-24-18)29-14-13-23-22(26)17-5-4-6-19(27-2)21(17)28-3/h4-12H,13-14H2,1-3H3,(H,23,26). The minimum Gasteiger partial charge on any atom is -0.493 e. The van der Waals surface area contributed by atoms with Crippen LogP contribution in [-0.4, -0.2) is 43.5 Å². The summed E-state index contributed by atoms with van der Waals surface area (Å²) in [5.74, 6) is 1.02. The number of amides is 1. The van der Waals surface area contributed by atoms with Crippen LogP contribution in [0.3, 0.4) is 0 Å². The third kappa shape index (κ3) is 5.01. The molecular formula is C22H23N3O4. The van der Waals surface area contributed by atoms with Gasteiger partial charge in [0.2, 0.25) is 5.88 Å². The van der Waals surface area contributed by atoms with Crippen molar-refractivity contribution in [2.24, 2.45) is 0 Å². The average molecular weight is 393 g/mol. The van der Waals surface area contributed by atoms with E-state index in [-0.39, 0.29) is 12.5 Å². The number of hydrogen-bond donors (Lipinski definition) is 1. The van der Waals surface area contributed by atoms with Crippen LogP contribution in [0.15, 0.2) is 54.6 Å². The molecule has 0 atom stereocenters. The van der Waals surface area contributed by atoms with Gasteiger partial charge in [0.25, 0.3) is 5.91 Å². The Kier molecular flexibility index (Phi) is 6.63. The molecule has 2 aromatic carbocycles. The topological polar surface area (TPSA) is 82.6 Å². The first kappa shape index (κ1) is 20.1. The average Bonchev–Trinajstić information content (AvgIpc) is 2.77. The molecule has 0 saturated heterocycles. The van der Waals surface area contributed by atoms with Gasteiger partial charge in [0, 0.05) is 11.6 Å². The zero-order valence-corrected chi connectivity index (χ0v) is 16.6. The molecule has 0 radical (unpaired) electrons. The highest BCUT2D eigenvalue weighted by atomic mass is 16.5. The molecule has 0 spiro atoms. The van der Waals surface area contributed by atoms with Gasteiger partial charge in [-0.05, 0) is 25.1 Å². The van der Waals surface area contributed by atoms with E-state index in [1.807, 2.05) is 37.3 Å². The van der Waals surface area contributed by atoms with Crippen molar-refractivity contribution in [1.29, 1.82) is 0 Å². The molecule has 0 unspecified atom stereocenters. The molecule has 0 fully saturated rings. The molecule has 150 valence electrons. The van der Waals surface area contributed by atoms with Gasteiger partial charge >= 0.3 is 0 Å². The largest absolute Gasteiger partial charge is 0.493 e. The molecule has 1 amide bonds. The Balaban J connectivity index is 1.52. The SMILES string of the molecule is COc1cccc(C(=O)NCCOc2ccc(-c3ccc(C)cc3)nn2)c1OC. The van der Waals surface area contributed by atoms with Crippen LogP contribution in [0, 0.1) is 6.92 Å². The van der Waals surface area contributed by atoms with Gasteiger partial charge < -0.3 is 19.5 Å². The van der Waals surface area contributed by atoms with E-state index in [0.29, 0.717) is 29.5 Å². The highest BCUT2D eigenvalue weighted by molar-refractivity contribution is 5.97. The number of aryl methyl sites for hydroxylation is 1. The molecule has 0 saturated carbocycles. The van der Waals surface area contributed by atoms with E-state index >= 15 is 0 Å². The molecule has 0 aliphatic carbocycles. The molecule has 7 heteroatoms. The fourth-order valence-corrected chi connectivity index (χ4v) is 2.76. The summed E-state index contributed by atoms with van der Waals surface area (Å²) in [5, 5.41) is 11.1. The van der Waals surface area contributed by atoms with Crippen LogP contribution in [0.2, 0.25) is 0 Å². The predicted molar refractivity (Wildman–Crippen MR) is 110 cm³/mol. The quantitative estimate of drug-likeness (QED) is 0.592. The Morgan fingerprint density at radius 2 is 1.76 bits per heavy atom. The molecule has 1 heterocycles. The molecule has 29 heavy (non-hydrogen) atoms. The van der Waals surface area contributed by atoms with Crippen molar-refractivity contribution in [3.05, 3.63) is 65.7 Å². The maximum absolute atomic E-state index is 12.4. The number of aromatic nitrogens is 2. The number of para-hydroxylation sites is 1. The lowest BCUT2D eigenvalue weighted by molar-refractivity contribution is 0.0943. The fourth-order valence-electron chi connectivity index (χ4n) is 2.76. The maximum atomic E-state index is 12.4. The molecule has 3 rings (SSSR count). The summed E-state index contributed by atoms with van der Waals surface area (Å²) in [7, 11) is 3.02. The van der Waals surface area contributed by atoms with Crippen molar-refractivity contribution >= 4 is 5.91 Å². The lowest BCUT2D eigenvalue weighted by Gasteiger charge is -2.12. The van der Waals surface area contributed by atoms with Crippen LogP contribution in [0.25, 0.3) is 11.3 Å². The Morgan fingerprint density at radius 1 is 0.966 bits per heavy atom. The van der Waals surface area contributed by atoms with Crippen LogP contribution in [0.5, 0.6) is 17.4 Å². The lowest BCUT2D eigenvalue weighted by atomic mass is 10.1. The summed E-state index contributed by atoms with van der Waals surface area (Å²) in [5.41, 5.74) is 3.36. The van der Waals surface area contributed by atoms with Gasteiger partial charge in [-0.2, -0.15) is 0 Å². The number of ether oxygens (including phenoxy) is 3. The van der Waals surface area contributed by atoms with Gasteiger partial charge in [-0.15, -0.1) is 10.2 Å². The van der Waals surface area contributed by atoms with Crippen molar-refractivity contribution in [1.82, 2.24) is 15.5 Å². The van der Waals surface area contributed by atoms with E-state index < -0.39 is 0 Å². The van der Waals surface area contributed by atoms with Crippen LogP contribution >= 0.6 is 0 Å². The first-order valence-electron chi connectivity index (χ1n) is 9.15. The summed E-state index contributed by atoms with van der Waals surface area (Å²) >= 11 is 0. The highest BCUT2D eigenvalue weighted by Gasteiger charge is 2.15. The Morgan fingerprint density at radius 3 is 2.41 bits per heavy atom. The number of carbonyl (C=O) groups is 1. The number of benzene rings is 2. The van der Waals surface area contributed by atoms with Crippen LogP contribution in [0.1, 0.15) is 15.9 Å². The second-order valence-corrected chi connectivity index (χ2v) is 6.27. The van der Waals surface area contributed by atoms with Crippen LogP contribution in [0.4, 0.5) is 0 Å². The van der Waals surface area contributed by atoms with Gasteiger partial charge in [-0.3, -0.25) is 4.79 Å². The number of rotatable bonds is 8. The Hall–Kier alpha value is -3.61. The number of carbonyl (C=O) groups excluding carboxylic acids is 1. The summed E-state index contributed by atoms with van der Waals surface area (Å²) in [6.45, 7) is 2.60. The molecule has 7 nitrogen and oxygen atoms in total. The van der Waals surface area contributed by atoms with E-state index in [1.165, 1.54) is 19.8 Å². The summed E-state index contributed by atoms with van der Waals surface area (Å²) in [6.07, 6.45) is 0.